The smallest absolute Gasteiger partial charge is 0.115 e. The third kappa shape index (κ3) is 3.70. The van der Waals surface area contributed by atoms with E-state index in [2.05, 4.69) is 10.2 Å². The Morgan fingerprint density at radius 3 is 2.88 bits per heavy atom. The van der Waals surface area contributed by atoms with E-state index < -0.39 is 0 Å². The van der Waals surface area contributed by atoms with Gasteiger partial charge in [-0.3, -0.25) is 4.90 Å². The molecule has 4 heteroatoms. The van der Waals surface area contributed by atoms with Gasteiger partial charge in [0.2, 0.25) is 0 Å². The van der Waals surface area contributed by atoms with Crippen LogP contribution in [-0.2, 0) is 11.3 Å². The van der Waals surface area contributed by atoms with Crippen LogP contribution in [-0.4, -0.2) is 49.4 Å². The second-order valence-electron chi connectivity index (χ2n) is 4.45. The fraction of sp³-hybridized carbons (Fsp3) is 0.538. The number of aromatic hydroxyl groups is 1. The molecule has 0 saturated carbocycles. The van der Waals surface area contributed by atoms with E-state index in [1.165, 1.54) is 5.56 Å². The largest absolute Gasteiger partial charge is 0.508 e. The van der Waals surface area contributed by atoms with Crippen LogP contribution in [0.1, 0.15) is 5.56 Å². The first-order valence-electron chi connectivity index (χ1n) is 6.04. The number of hydrogen-bond donors (Lipinski definition) is 2. The molecule has 1 heterocycles. The van der Waals surface area contributed by atoms with Crippen LogP contribution in [0.15, 0.2) is 24.3 Å². The zero-order chi connectivity index (χ0) is 12.1. The predicted molar refractivity (Wildman–Crippen MR) is 67.1 cm³/mol. The first-order chi connectivity index (χ1) is 8.28. The molecule has 1 aliphatic rings. The molecule has 17 heavy (non-hydrogen) atoms. The van der Waals surface area contributed by atoms with E-state index in [1.807, 2.05) is 19.2 Å². The third-order valence-electron chi connectivity index (χ3n) is 3.00. The van der Waals surface area contributed by atoms with Gasteiger partial charge in [0.25, 0.3) is 0 Å². The van der Waals surface area contributed by atoms with Gasteiger partial charge in [-0.05, 0) is 24.7 Å². The standard InChI is InChI=1S/C13H20N2O2/c1-14-8-13-10-15(6-7-17-13)9-11-2-4-12(16)5-3-11/h2-5,13-14,16H,6-10H2,1H3. The monoisotopic (exact) mass is 236 g/mol. The Hall–Kier alpha value is -1.10. The summed E-state index contributed by atoms with van der Waals surface area (Å²) in [7, 11) is 1.95. The highest BCUT2D eigenvalue weighted by Crippen LogP contribution is 2.13. The number of hydrogen-bond acceptors (Lipinski definition) is 4. The minimum Gasteiger partial charge on any atom is -0.508 e. The van der Waals surface area contributed by atoms with Crippen molar-refractivity contribution in [3.63, 3.8) is 0 Å². The molecule has 1 aliphatic heterocycles. The predicted octanol–water partition coefficient (Wildman–Crippen LogP) is 0.812. The number of morpholine rings is 1. The van der Waals surface area contributed by atoms with E-state index in [9.17, 15) is 5.11 Å². The van der Waals surface area contributed by atoms with Crippen molar-refractivity contribution in [2.75, 3.05) is 33.3 Å². The highest BCUT2D eigenvalue weighted by Gasteiger charge is 2.19. The number of nitrogens with one attached hydrogen (secondary N) is 1. The lowest BCUT2D eigenvalue weighted by atomic mass is 10.2. The SMILES string of the molecule is CNCC1CN(Cc2ccc(O)cc2)CCO1. The quantitative estimate of drug-likeness (QED) is 0.812. The number of phenolic OH excluding ortho intramolecular Hbond substituents is 1. The first kappa shape index (κ1) is 12.4. The Morgan fingerprint density at radius 2 is 2.18 bits per heavy atom. The summed E-state index contributed by atoms with van der Waals surface area (Å²) >= 11 is 0. The van der Waals surface area contributed by atoms with Crippen molar-refractivity contribution in [2.24, 2.45) is 0 Å². The number of likely N-dealkylation sites (N-methyl/N-ethyl adjacent to an activating group) is 1. The summed E-state index contributed by atoms with van der Waals surface area (Å²) in [6.07, 6.45) is 0.283. The van der Waals surface area contributed by atoms with Crippen LogP contribution in [0.25, 0.3) is 0 Å². The van der Waals surface area contributed by atoms with Gasteiger partial charge in [0.15, 0.2) is 0 Å². The molecule has 1 aromatic carbocycles. The molecule has 1 fully saturated rings. The summed E-state index contributed by atoms with van der Waals surface area (Å²) in [6.45, 7) is 4.54. The second-order valence-corrected chi connectivity index (χ2v) is 4.45. The van der Waals surface area contributed by atoms with E-state index in [-0.39, 0.29) is 6.10 Å². The minimum atomic E-state index is 0.283. The molecular formula is C13H20N2O2. The molecule has 94 valence electrons. The Labute approximate surface area is 102 Å². The van der Waals surface area contributed by atoms with Crippen molar-refractivity contribution in [2.45, 2.75) is 12.6 Å². The summed E-state index contributed by atoms with van der Waals surface area (Å²) in [4.78, 5) is 2.39. The number of benzene rings is 1. The molecular weight excluding hydrogens is 216 g/mol. The van der Waals surface area contributed by atoms with Crippen LogP contribution in [0.4, 0.5) is 0 Å². The van der Waals surface area contributed by atoms with Crippen LogP contribution in [0.3, 0.4) is 0 Å². The molecule has 1 unspecified atom stereocenters. The van der Waals surface area contributed by atoms with Crippen molar-refractivity contribution in [3.8, 4) is 5.75 Å². The number of ether oxygens (including phenoxy) is 1. The lowest BCUT2D eigenvalue weighted by Crippen LogP contribution is -2.45. The minimum absolute atomic E-state index is 0.283. The number of nitrogens with zero attached hydrogens (tertiary/aromatic N) is 1. The van der Waals surface area contributed by atoms with Crippen LogP contribution in [0.2, 0.25) is 0 Å². The zero-order valence-corrected chi connectivity index (χ0v) is 10.2. The molecule has 2 rings (SSSR count). The lowest BCUT2D eigenvalue weighted by Gasteiger charge is -2.32. The van der Waals surface area contributed by atoms with Crippen LogP contribution >= 0.6 is 0 Å². The Morgan fingerprint density at radius 1 is 1.41 bits per heavy atom. The molecule has 0 radical (unpaired) electrons. The molecule has 0 amide bonds. The molecule has 0 spiro atoms. The maximum Gasteiger partial charge on any atom is 0.115 e. The van der Waals surface area contributed by atoms with Gasteiger partial charge < -0.3 is 15.2 Å². The van der Waals surface area contributed by atoms with Gasteiger partial charge in [0, 0.05) is 26.2 Å². The fourth-order valence-electron chi connectivity index (χ4n) is 2.13. The summed E-state index contributed by atoms with van der Waals surface area (Å²) < 4.78 is 5.66. The van der Waals surface area contributed by atoms with E-state index >= 15 is 0 Å². The molecule has 4 nitrogen and oxygen atoms in total. The molecule has 0 aromatic heterocycles. The van der Waals surface area contributed by atoms with Crippen LogP contribution in [0.5, 0.6) is 5.75 Å². The zero-order valence-electron chi connectivity index (χ0n) is 10.2. The van der Waals surface area contributed by atoms with Crippen molar-refractivity contribution in [1.82, 2.24) is 10.2 Å². The van der Waals surface area contributed by atoms with Crippen molar-refractivity contribution < 1.29 is 9.84 Å². The summed E-state index contributed by atoms with van der Waals surface area (Å²) in [5.74, 6) is 0.323. The molecule has 2 N–H and O–H groups in total. The average molecular weight is 236 g/mol. The fourth-order valence-corrected chi connectivity index (χ4v) is 2.13. The van der Waals surface area contributed by atoms with Gasteiger partial charge in [-0.2, -0.15) is 0 Å². The second kappa shape index (κ2) is 6.00. The number of phenols is 1. The van der Waals surface area contributed by atoms with E-state index in [0.29, 0.717) is 5.75 Å². The Kier molecular flexibility index (Phi) is 4.36. The van der Waals surface area contributed by atoms with E-state index in [1.54, 1.807) is 12.1 Å². The molecule has 0 bridgehead atoms. The molecule has 0 aliphatic carbocycles. The highest BCUT2D eigenvalue weighted by atomic mass is 16.5. The third-order valence-corrected chi connectivity index (χ3v) is 3.00. The maximum atomic E-state index is 9.23. The first-order valence-corrected chi connectivity index (χ1v) is 6.04. The van der Waals surface area contributed by atoms with Gasteiger partial charge >= 0.3 is 0 Å². The summed E-state index contributed by atoms with van der Waals surface area (Å²) in [5.41, 5.74) is 1.23. The molecule has 1 aromatic rings. The Balaban J connectivity index is 1.87. The number of rotatable bonds is 4. The van der Waals surface area contributed by atoms with Gasteiger partial charge in [0.1, 0.15) is 5.75 Å². The summed E-state index contributed by atoms with van der Waals surface area (Å²) in [5, 5.41) is 12.4. The van der Waals surface area contributed by atoms with Crippen molar-refractivity contribution >= 4 is 0 Å². The molecule has 1 atom stereocenters. The van der Waals surface area contributed by atoms with Gasteiger partial charge in [0.05, 0.1) is 12.7 Å². The topological polar surface area (TPSA) is 44.7 Å². The van der Waals surface area contributed by atoms with Gasteiger partial charge in [-0.15, -0.1) is 0 Å². The van der Waals surface area contributed by atoms with Crippen molar-refractivity contribution in [3.05, 3.63) is 29.8 Å². The molecule has 1 saturated heterocycles. The van der Waals surface area contributed by atoms with Crippen LogP contribution in [0, 0.1) is 0 Å². The lowest BCUT2D eigenvalue weighted by molar-refractivity contribution is -0.0291. The van der Waals surface area contributed by atoms with E-state index in [4.69, 9.17) is 4.74 Å². The van der Waals surface area contributed by atoms with Crippen LogP contribution < -0.4 is 5.32 Å². The van der Waals surface area contributed by atoms with Crippen molar-refractivity contribution in [1.29, 1.82) is 0 Å². The maximum absolute atomic E-state index is 9.23. The highest BCUT2D eigenvalue weighted by molar-refractivity contribution is 5.25. The summed E-state index contributed by atoms with van der Waals surface area (Å²) in [6, 6.07) is 7.41. The Bertz CT molecular complexity index is 338. The average Bonchev–Trinajstić information content (AvgIpc) is 2.33. The van der Waals surface area contributed by atoms with Gasteiger partial charge in [-0.1, -0.05) is 12.1 Å². The normalized spacial score (nSPS) is 21.6. The van der Waals surface area contributed by atoms with Gasteiger partial charge in [-0.25, -0.2) is 0 Å². The van der Waals surface area contributed by atoms with E-state index in [0.717, 1.165) is 32.8 Å².